The standard InChI is InChI=1S/C30H29BN2.C18H21NO.C18H21NS.C18H21N.4C3H8.4CH4.4B/c1-5-21-19-27-29-30(28(21)20(2)3)32(4)25-17-11-9-15-23(25)31(29)24-16-10-12-18-26(24)33(27)22-13-7-6-8-14-22;2*1-5-13-10-11-16-18(17(13)12(2)3)19(4)14-8-6-7-9-15(14)20-16;1-5-13-10-11-15-14-8-6-7-9-16(14)19(4)18(15)17(13)12(2)3;4*1-3-2;;;;;;;;/h6-20H,5H2,1-4H3;2*6-12H,5H2,1-4H3;6-12H,5H2,1-4H3;4*3H2,1-2H3;4*1H4;;;;. The number of anilines is 9. The molecule has 12 heteroatoms. The van der Waals surface area contributed by atoms with Crippen molar-refractivity contribution in [3.8, 4) is 11.5 Å². The fraction of sp³-hybridized carbons (Fsp3) is 0.400. The normalized spacial score (nSPS) is 11.4. The predicted octanol–water partition coefficient (Wildman–Crippen LogP) is 28.3. The SMILES string of the molecule is C.C.C.C.CCC.CCC.CCC.CCC.CCc1cc2c3c(c1C(C)C)N(C)c1ccccc1B3c1ccccc1N2c1ccccc1.CCc1ccc2c(c1C(C)C)N(C)c1ccccc1O2.CCc1ccc2c(c1C(C)C)N(C)c1ccccc1S2.CCc1ccc2c3ccccc3n(C)c2c1C(C)C.[B].[B].[B].[B]. The number of hydrogen-bond acceptors (Lipinski definition) is 6. The summed E-state index contributed by atoms with van der Waals surface area (Å²) in [6.07, 6.45) is 9.28. The van der Waals surface area contributed by atoms with Crippen LogP contribution in [0.5, 0.6) is 11.5 Å². The average molecular weight is 1510 g/mol. The molecule has 0 fully saturated rings. The average Bonchev–Trinajstić information content (AvgIpc) is 0.843. The number of para-hydroxylation sites is 7. The van der Waals surface area contributed by atoms with Crippen LogP contribution in [0.3, 0.4) is 0 Å². The quantitative estimate of drug-likeness (QED) is 0.134. The van der Waals surface area contributed by atoms with E-state index in [0.717, 1.165) is 42.9 Å². The van der Waals surface area contributed by atoms with Gasteiger partial charge in [-0.25, -0.2) is 0 Å². The number of aryl methyl sites for hydroxylation is 5. The first-order valence-electron chi connectivity index (χ1n) is 39.5. The monoisotopic (exact) mass is 1510 g/mol. The molecule has 0 saturated carbocycles. The van der Waals surface area contributed by atoms with Crippen LogP contribution in [0.2, 0.25) is 0 Å². The molecule has 592 valence electrons. The van der Waals surface area contributed by atoms with Gasteiger partial charge in [0.05, 0.1) is 28.3 Å². The Morgan fingerprint density at radius 2 is 0.741 bits per heavy atom. The van der Waals surface area contributed by atoms with Crippen molar-refractivity contribution in [1.82, 2.24) is 4.57 Å². The lowest BCUT2D eigenvalue weighted by atomic mass is 9.33. The fourth-order valence-electron chi connectivity index (χ4n) is 15.5. The van der Waals surface area contributed by atoms with E-state index in [9.17, 15) is 0 Å². The van der Waals surface area contributed by atoms with Crippen LogP contribution in [0.15, 0.2) is 204 Å². The Kier molecular flexibility index (Phi) is 45.1. The van der Waals surface area contributed by atoms with Crippen LogP contribution in [-0.2, 0) is 32.7 Å². The summed E-state index contributed by atoms with van der Waals surface area (Å²) in [6.45, 7) is 44.6. The Labute approximate surface area is 697 Å². The van der Waals surface area contributed by atoms with Gasteiger partial charge in [-0.15, -0.1) is 0 Å². The molecule has 1 aromatic heterocycles. The third kappa shape index (κ3) is 21.7. The molecule has 10 aromatic carbocycles. The Morgan fingerprint density at radius 1 is 0.339 bits per heavy atom. The third-order valence-electron chi connectivity index (χ3n) is 19.6. The summed E-state index contributed by atoms with van der Waals surface area (Å²) in [4.78, 5) is 12.3. The molecule has 15 rings (SSSR count). The minimum Gasteiger partial charge on any atom is -0.453 e. The minimum absolute atomic E-state index is 0. The lowest BCUT2D eigenvalue weighted by molar-refractivity contribution is 0.474. The second-order valence-corrected chi connectivity index (χ2v) is 30.3. The summed E-state index contributed by atoms with van der Waals surface area (Å²) in [5.74, 6) is 3.94. The van der Waals surface area contributed by atoms with Gasteiger partial charge < -0.3 is 28.9 Å². The molecule has 4 aliphatic heterocycles. The highest BCUT2D eigenvalue weighted by molar-refractivity contribution is 7.99. The molecule has 0 saturated heterocycles. The summed E-state index contributed by atoms with van der Waals surface area (Å²) in [5, 5.41) is 2.75. The second kappa shape index (κ2) is 48.7. The molecular weight excluding hydrogens is 1370 g/mol. The Hall–Kier alpha value is -8.33. The molecular formula is C100H140B5N5OS. The van der Waals surface area contributed by atoms with Gasteiger partial charge in [0, 0.05) is 116 Å². The smallest absolute Gasteiger partial charge is 0.252 e. The van der Waals surface area contributed by atoms with Crippen molar-refractivity contribution in [3.05, 3.63) is 239 Å². The van der Waals surface area contributed by atoms with Crippen molar-refractivity contribution in [2.45, 2.75) is 253 Å². The van der Waals surface area contributed by atoms with E-state index in [4.69, 9.17) is 4.74 Å². The topological polar surface area (TPSA) is 27.1 Å². The number of hydrogen-bond donors (Lipinski definition) is 0. The van der Waals surface area contributed by atoms with Crippen LogP contribution >= 0.6 is 11.8 Å². The summed E-state index contributed by atoms with van der Waals surface area (Å²) in [5.41, 5.74) is 30.3. The van der Waals surface area contributed by atoms with Crippen LogP contribution in [0.25, 0.3) is 21.8 Å². The molecule has 11 aromatic rings. The first kappa shape index (κ1) is 104. The van der Waals surface area contributed by atoms with Crippen LogP contribution < -0.4 is 40.7 Å². The highest BCUT2D eigenvalue weighted by atomic mass is 32.2. The molecule has 0 N–H and O–H groups in total. The molecule has 0 bridgehead atoms. The predicted molar refractivity (Wildman–Crippen MR) is 514 cm³/mol. The zero-order valence-electron chi connectivity index (χ0n) is 70.4. The molecule has 0 amide bonds. The summed E-state index contributed by atoms with van der Waals surface area (Å²) < 4.78 is 8.46. The lowest BCUT2D eigenvalue weighted by Crippen LogP contribution is -2.61. The van der Waals surface area contributed by atoms with Crippen molar-refractivity contribution in [2.24, 2.45) is 7.05 Å². The number of benzene rings is 10. The van der Waals surface area contributed by atoms with E-state index >= 15 is 0 Å². The van der Waals surface area contributed by atoms with Crippen molar-refractivity contribution in [1.29, 1.82) is 0 Å². The lowest BCUT2D eigenvalue weighted by Gasteiger charge is -2.45. The van der Waals surface area contributed by atoms with Gasteiger partial charge in [-0.05, 0) is 183 Å². The molecule has 0 unspecified atom stereocenters. The maximum Gasteiger partial charge on any atom is 0.252 e. The maximum absolute atomic E-state index is 6.10. The van der Waals surface area contributed by atoms with E-state index in [1.54, 1.807) is 0 Å². The molecule has 5 heterocycles. The van der Waals surface area contributed by atoms with Crippen LogP contribution in [0.4, 0.5) is 51.2 Å². The summed E-state index contributed by atoms with van der Waals surface area (Å²) in [6, 6.07) is 70.3. The number of rotatable bonds is 9. The van der Waals surface area contributed by atoms with Gasteiger partial charge in [0.25, 0.3) is 6.71 Å². The Morgan fingerprint density at radius 3 is 1.28 bits per heavy atom. The van der Waals surface area contributed by atoms with Gasteiger partial charge in [0.2, 0.25) is 0 Å². The van der Waals surface area contributed by atoms with Gasteiger partial charge in [0.15, 0.2) is 11.5 Å². The number of fused-ring (bicyclic) bond motifs is 11. The van der Waals surface area contributed by atoms with E-state index in [2.05, 4.69) is 373 Å². The van der Waals surface area contributed by atoms with Gasteiger partial charge >= 0.3 is 0 Å². The summed E-state index contributed by atoms with van der Waals surface area (Å²) >= 11 is 1.90. The van der Waals surface area contributed by atoms with E-state index in [0.29, 0.717) is 23.7 Å². The van der Waals surface area contributed by atoms with Crippen molar-refractivity contribution < 1.29 is 4.74 Å². The van der Waals surface area contributed by atoms with Gasteiger partial charge in [0.1, 0.15) is 0 Å². The van der Waals surface area contributed by atoms with Crippen LogP contribution in [0, 0.1) is 0 Å². The highest BCUT2D eigenvalue weighted by Gasteiger charge is 2.44. The van der Waals surface area contributed by atoms with E-state index in [1.807, 2.05) is 23.9 Å². The number of nitrogens with zero attached hydrogens (tertiary/aromatic N) is 5. The van der Waals surface area contributed by atoms with Gasteiger partial charge in [-0.3, -0.25) is 0 Å². The highest BCUT2D eigenvalue weighted by Crippen LogP contribution is 2.53. The first-order valence-corrected chi connectivity index (χ1v) is 40.3. The number of ether oxygens (including phenoxy) is 1. The molecule has 0 atom stereocenters. The van der Waals surface area contributed by atoms with E-state index < -0.39 is 0 Å². The molecule has 12 radical (unpaired) electrons. The van der Waals surface area contributed by atoms with Crippen molar-refractivity contribution in [2.75, 3.05) is 40.7 Å². The molecule has 0 aliphatic carbocycles. The van der Waals surface area contributed by atoms with Crippen LogP contribution in [-0.4, -0.2) is 66.1 Å². The second-order valence-electron chi connectivity index (χ2n) is 29.2. The molecule has 4 aliphatic rings. The summed E-state index contributed by atoms with van der Waals surface area (Å²) in [7, 11) is 8.77. The third-order valence-corrected chi connectivity index (χ3v) is 20.7. The fourth-order valence-corrected chi connectivity index (χ4v) is 16.7. The Bertz CT molecular complexity index is 4500. The largest absolute Gasteiger partial charge is 0.453 e. The molecule has 112 heavy (non-hydrogen) atoms. The van der Waals surface area contributed by atoms with Gasteiger partial charge in [-0.2, -0.15) is 0 Å². The zero-order valence-corrected chi connectivity index (χ0v) is 71.2. The molecule has 0 spiro atoms. The van der Waals surface area contributed by atoms with Crippen molar-refractivity contribution in [3.63, 3.8) is 0 Å². The molecule has 6 nitrogen and oxygen atoms in total. The first-order chi connectivity index (χ1) is 50.2. The zero-order chi connectivity index (χ0) is 75.6. The minimum atomic E-state index is 0. The maximum atomic E-state index is 6.10. The van der Waals surface area contributed by atoms with E-state index in [-0.39, 0.29) is 70.1 Å². The number of aromatic nitrogens is 1. The van der Waals surface area contributed by atoms with Crippen molar-refractivity contribution >= 4 is 142 Å². The van der Waals surface area contributed by atoms with E-state index in [1.165, 1.54) is 164 Å². The van der Waals surface area contributed by atoms with Gasteiger partial charge in [-0.1, -0.05) is 327 Å². The van der Waals surface area contributed by atoms with Crippen LogP contribution in [0.1, 0.15) is 262 Å². The Balaban J connectivity index is 0.00000140.